The van der Waals surface area contributed by atoms with Gasteiger partial charge in [-0.25, -0.2) is 18.3 Å². The van der Waals surface area contributed by atoms with Gasteiger partial charge in [0.15, 0.2) is 75.8 Å². The number of benzene rings is 5. The number of hydrogen-bond donors (Lipinski definition) is 0. The average Bonchev–Trinajstić information content (AvgIpc) is 0.797. The molecule has 24 heterocycles. The summed E-state index contributed by atoms with van der Waals surface area (Å²) in [5.74, 6) is 3.12. The molecule has 14 nitrogen and oxygen atoms in total. The van der Waals surface area contributed by atoms with Gasteiger partial charge < -0.3 is 47.4 Å². The molecule has 0 unspecified atom stereocenters. The molecule has 5 aromatic carbocycles. The van der Waals surface area contributed by atoms with Gasteiger partial charge in [-0.15, -0.1) is 0 Å². The molecule has 0 aliphatic carbocycles. The molecule has 20 aliphatic heterocycles. The number of rotatable bonds is 0. The van der Waals surface area contributed by atoms with E-state index in [1.54, 1.807) is 0 Å². The molecule has 9 aromatic rings. The molecule has 29 rings (SSSR count). The summed E-state index contributed by atoms with van der Waals surface area (Å²) in [5.41, 5.74) is 10.1. The summed E-state index contributed by atoms with van der Waals surface area (Å²) >= 11 is 0. The molecule has 18 bridgehead atoms. The van der Waals surface area contributed by atoms with E-state index in [1.807, 2.05) is 60.7 Å². The normalized spacial score (nSPS) is 17.6. The molecule has 0 saturated heterocycles. The van der Waals surface area contributed by atoms with E-state index in [1.165, 1.54) is 44.5 Å². The van der Waals surface area contributed by atoms with Crippen LogP contribution in [0.1, 0.15) is 22.3 Å². The van der Waals surface area contributed by atoms with E-state index < -0.39 is 31.2 Å². The third kappa shape index (κ3) is 49.3. The van der Waals surface area contributed by atoms with Gasteiger partial charge in [0.2, 0.25) is 0 Å². The van der Waals surface area contributed by atoms with Crippen molar-refractivity contribution in [3.63, 3.8) is 0 Å². The van der Waals surface area contributed by atoms with Crippen LogP contribution in [0.2, 0.25) is 0 Å². The number of nitrogens with zero attached hydrogens (tertiary/aromatic N) is 4. The van der Waals surface area contributed by atoms with Crippen molar-refractivity contribution < 1.29 is 166 Å². The third-order valence-corrected chi connectivity index (χ3v) is 13.8. The molecular formula is C68H74F24N4O10P4. The maximum atomic E-state index is 9.87. The predicted octanol–water partition coefficient (Wildman–Crippen LogP) is 22.4. The maximum absolute atomic E-state index is 10.7. The van der Waals surface area contributed by atoms with Crippen LogP contribution >= 0.6 is 31.2 Å². The summed E-state index contributed by atoms with van der Waals surface area (Å²) in [7, 11) is -42.6. The molecule has 0 N–H and O–H groups in total. The smallest absolute Gasteiger partial charge is 0.173 e. The van der Waals surface area contributed by atoms with Gasteiger partial charge >= 0.3 is 132 Å². The molecule has 42 heteroatoms. The minimum absolute atomic E-state index is 0.449. The summed E-state index contributed by atoms with van der Waals surface area (Å²) < 4.78 is 302. The Morgan fingerprint density at radius 3 is 0.673 bits per heavy atom. The summed E-state index contributed by atoms with van der Waals surface area (Å²) in [6.45, 7) is 11.1. The Kier molecular flexibility index (Phi) is 28.8. The van der Waals surface area contributed by atoms with E-state index in [0.717, 1.165) is 59.9 Å². The Balaban J connectivity index is 0.000000255. The van der Waals surface area contributed by atoms with Gasteiger partial charge in [0, 0.05) is 76.2 Å². The Morgan fingerprint density at radius 2 is 0.427 bits per heavy atom. The first kappa shape index (κ1) is 90.8. The molecule has 0 saturated carbocycles. The largest absolute Gasteiger partial charge is 0.491 e. The minimum Gasteiger partial charge on any atom is -0.491 e. The zero-order valence-electron chi connectivity index (χ0n) is 57.5. The van der Waals surface area contributed by atoms with E-state index >= 15 is 0 Å². The van der Waals surface area contributed by atoms with Crippen molar-refractivity contribution in [2.24, 2.45) is 0 Å². The van der Waals surface area contributed by atoms with Crippen LogP contribution in [-0.2, 0) is 54.6 Å². The van der Waals surface area contributed by atoms with Gasteiger partial charge in [-0.2, -0.15) is 0 Å². The van der Waals surface area contributed by atoms with Gasteiger partial charge in [0.05, 0.1) is 79.3 Å². The fourth-order valence-corrected chi connectivity index (χ4v) is 9.39. The Labute approximate surface area is 613 Å². The summed E-state index contributed by atoms with van der Waals surface area (Å²) in [6.07, 6.45) is 17.4. The van der Waals surface area contributed by atoms with Crippen molar-refractivity contribution in [2.75, 3.05) is 106 Å². The first-order valence-electron chi connectivity index (χ1n) is 32.4. The standard InChI is InChI=1S/C36H32N4.C32H42O10.4F6P/c1-2-30-4-3-29(1)25-37-17-9-33(10-18-37)35-13-21-39(22-14-35)27-31-5-7-32(8-6-31)28-40-23-15-36(16-24-40)34-11-19-38(26-30)20-12-34;1-2-27-26-30-8-9-31(27)32(3-1)42-25-21-38-17-13-34-11-15-36-19-23-40-29-6-4-28(5-7-29)39-22-18-35-14-10-33-12-16-37-20-24-41-30;4*1-7(2,3,4,5)6/h1-24H,25-28H2;1-9,26H,10-25H2;;;;/q+4;;4*-1. The monoisotopic (exact) mass is 1690 g/mol. The van der Waals surface area contributed by atoms with Gasteiger partial charge in [-0.3, -0.25) is 0 Å². The number of pyridine rings is 4. The van der Waals surface area contributed by atoms with Gasteiger partial charge in [-0.1, -0.05) is 60.7 Å². The van der Waals surface area contributed by atoms with Crippen LogP contribution in [0.5, 0.6) is 23.0 Å². The van der Waals surface area contributed by atoms with Gasteiger partial charge in [-0.05, 0) is 76.2 Å². The van der Waals surface area contributed by atoms with Crippen LogP contribution in [0.15, 0.2) is 207 Å². The molecule has 614 valence electrons. The van der Waals surface area contributed by atoms with Crippen LogP contribution < -0.4 is 37.2 Å². The minimum atomic E-state index is -10.7. The van der Waals surface area contributed by atoms with E-state index in [2.05, 4.69) is 165 Å². The van der Waals surface area contributed by atoms with Crippen LogP contribution in [0.3, 0.4) is 0 Å². The first-order chi connectivity index (χ1) is 50.4. The molecule has 0 amide bonds. The Morgan fingerprint density at radius 1 is 0.218 bits per heavy atom. The summed E-state index contributed by atoms with van der Waals surface area (Å²) in [4.78, 5) is 0. The van der Waals surface area contributed by atoms with E-state index in [9.17, 15) is 101 Å². The molecule has 110 heavy (non-hydrogen) atoms. The molecule has 0 atom stereocenters. The number of ether oxygens (including phenoxy) is 10. The van der Waals surface area contributed by atoms with Crippen LogP contribution in [0.25, 0.3) is 33.0 Å². The predicted molar refractivity (Wildman–Crippen MR) is 365 cm³/mol. The number of halogens is 24. The SMILES string of the molecule is F[P-](F)(F)(F)(F)F.F[P-](F)(F)(F)(F)F.F[P-](F)(F)(F)(F)F.F[P-](F)(F)(F)(F)F.c1cc2c3ccc(cc3c1)OCCOCCOCCOCCOc1ccc(cc1)OCCOCCOCCOCCO2.c1cc2ccc1C[n+]1ccc(cc1)-c1cc[n+](cc1)Cc1ccc(cc1)C[n+]1ccc(cc1)-c1cc[n+](cc1)C2. The maximum Gasteiger partial charge on any atom is 0.173 e. The fraction of sp³-hybridized carbons (Fsp3) is 0.294. The van der Waals surface area contributed by atoms with E-state index in [-0.39, 0.29) is 0 Å². The first-order valence-corrected chi connectivity index (χ1v) is 40.5. The van der Waals surface area contributed by atoms with Gasteiger partial charge in [0.1, 0.15) is 49.4 Å². The quantitative estimate of drug-likeness (QED) is 0.0827. The van der Waals surface area contributed by atoms with Crippen molar-refractivity contribution in [3.05, 3.63) is 230 Å². The van der Waals surface area contributed by atoms with Crippen LogP contribution in [0, 0.1) is 0 Å². The van der Waals surface area contributed by atoms with Crippen molar-refractivity contribution >= 4 is 42.0 Å². The second kappa shape index (κ2) is 34.9. The van der Waals surface area contributed by atoms with Gasteiger partial charge in [0.25, 0.3) is 0 Å². The molecule has 0 spiro atoms. The zero-order chi connectivity index (χ0) is 81.3. The topological polar surface area (TPSA) is 108 Å². The van der Waals surface area contributed by atoms with Crippen LogP contribution in [0.4, 0.5) is 101 Å². The second-order valence-electron chi connectivity index (χ2n) is 23.7. The fourth-order valence-electron chi connectivity index (χ4n) is 9.39. The number of aromatic nitrogens is 4. The third-order valence-electron chi connectivity index (χ3n) is 13.8. The Hall–Kier alpha value is -8.04. The van der Waals surface area contributed by atoms with Crippen molar-refractivity contribution in [1.29, 1.82) is 0 Å². The number of hydrogen-bond acceptors (Lipinski definition) is 10. The second-order valence-corrected chi connectivity index (χ2v) is 31.3. The van der Waals surface area contributed by atoms with Crippen molar-refractivity contribution in [1.82, 2.24) is 0 Å². The zero-order valence-corrected chi connectivity index (χ0v) is 61.1. The Bertz CT molecular complexity index is 3910. The molecular weight excluding hydrogens is 1610 g/mol. The molecule has 20 aliphatic rings. The average molecular weight is 1690 g/mol. The van der Waals surface area contributed by atoms with Crippen molar-refractivity contribution in [3.8, 4) is 45.3 Å². The van der Waals surface area contributed by atoms with Crippen LogP contribution in [-0.4, -0.2) is 106 Å². The molecule has 0 fully saturated rings. The van der Waals surface area contributed by atoms with Crippen molar-refractivity contribution in [2.45, 2.75) is 26.2 Å². The molecule has 4 aromatic heterocycles. The van der Waals surface area contributed by atoms with E-state index in [4.69, 9.17) is 47.4 Å². The van der Waals surface area contributed by atoms with E-state index in [0.29, 0.717) is 106 Å². The summed E-state index contributed by atoms with van der Waals surface area (Å²) in [6, 6.07) is 54.9. The summed E-state index contributed by atoms with van der Waals surface area (Å²) in [5, 5.41) is 2.07. The molecule has 0 radical (unpaired) electrons.